The van der Waals surface area contributed by atoms with E-state index >= 15 is 0 Å². The first-order chi connectivity index (χ1) is 8.64. The smallest absolute Gasteiger partial charge is 0.0897 e. The lowest BCUT2D eigenvalue weighted by Gasteiger charge is -2.37. The van der Waals surface area contributed by atoms with Gasteiger partial charge in [0.1, 0.15) is 0 Å². The van der Waals surface area contributed by atoms with E-state index in [1.165, 1.54) is 12.0 Å². The largest absolute Gasteiger partial charge is 0.385 e. The molecule has 100 valence electrons. The fourth-order valence-electron chi connectivity index (χ4n) is 2.80. The predicted octanol–water partition coefficient (Wildman–Crippen LogP) is 3.12. The van der Waals surface area contributed by atoms with Crippen molar-refractivity contribution in [3.8, 4) is 0 Å². The van der Waals surface area contributed by atoms with Gasteiger partial charge in [0.25, 0.3) is 0 Å². The minimum Gasteiger partial charge on any atom is -0.385 e. The van der Waals surface area contributed by atoms with Crippen LogP contribution in [0, 0.1) is 6.92 Å². The summed E-state index contributed by atoms with van der Waals surface area (Å²) in [7, 11) is 0. The molecule has 2 N–H and O–H groups in total. The molecule has 0 unspecified atom stereocenters. The Morgan fingerprint density at radius 2 is 1.83 bits per heavy atom. The van der Waals surface area contributed by atoms with Crippen LogP contribution < -0.4 is 5.32 Å². The third-order valence-electron chi connectivity index (χ3n) is 4.08. The third kappa shape index (κ3) is 3.12. The molecule has 2 nitrogen and oxygen atoms in total. The molecule has 0 aliphatic heterocycles. The molecule has 2 heteroatoms. The van der Waals surface area contributed by atoms with E-state index in [2.05, 4.69) is 43.4 Å². The molecule has 0 atom stereocenters. The Labute approximate surface area is 110 Å². The molecule has 1 aliphatic carbocycles. The van der Waals surface area contributed by atoms with Crippen molar-refractivity contribution in [2.45, 2.75) is 57.6 Å². The van der Waals surface area contributed by atoms with Crippen molar-refractivity contribution in [1.29, 1.82) is 0 Å². The van der Waals surface area contributed by atoms with Crippen LogP contribution in [0.2, 0.25) is 0 Å². The first-order valence-corrected chi connectivity index (χ1v) is 7.17. The number of aliphatic hydroxyl groups is 1. The van der Waals surface area contributed by atoms with Gasteiger partial charge >= 0.3 is 0 Å². The third-order valence-corrected chi connectivity index (χ3v) is 4.08. The summed E-state index contributed by atoms with van der Waals surface area (Å²) >= 11 is 0. The Hall–Kier alpha value is -0.860. The molecule has 0 heterocycles. The maximum absolute atomic E-state index is 10.7. The van der Waals surface area contributed by atoms with Gasteiger partial charge in [0.2, 0.25) is 0 Å². The lowest BCUT2D eigenvalue weighted by atomic mass is 9.77. The van der Waals surface area contributed by atoms with Crippen LogP contribution in [0.3, 0.4) is 0 Å². The summed E-state index contributed by atoms with van der Waals surface area (Å²) in [4.78, 5) is 0. The van der Waals surface area contributed by atoms with Crippen molar-refractivity contribution in [2.75, 3.05) is 6.54 Å². The fourth-order valence-corrected chi connectivity index (χ4v) is 2.80. The van der Waals surface area contributed by atoms with Crippen LogP contribution in [0.4, 0.5) is 0 Å². The summed E-state index contributed by atoms with van der Waals surface area (Å²) in [5.41, 5.74) is 1.74. The molecule has 0 amide bonds. The Morgan fingerprint density at radius 3 is 2.39 bits per heavy atom. The fraction of sp³-hybridized carbons (Fsp3) is 0.625. The molecule has 18 heavy (non-hydrogen) atoms. The Morgan fingerprint density at radius 1 is 1.22 bits per heavy atom. The standard InChI is InChI=1S/C16H25NO/c1-3-12-17-15-8-10-16(18,11-9-15)14-6-4-13(2)5-7-14/h4-7,15,17-18H,3,8-12H2,1-2H3. The van der Waals surface area contributed by atoms with Gasteiger partial charge in [-0.1, -0.05) is 36.8 Å². The SMILES string of the molecule is CCCNC1CCC(O)(c2ccc(C)cc2)CC1. The summed E-state index contributed by atoms with van der Waals surface area (Å²) in [6, 6.07) is 8.93. The van der Waals surface area contributed by atoms with Crippen molar-refractivity contribution in [3.05, 3.63) is 35.4 Å². The van der Waals surface area contributed by atoms with Crippen molar-refractivity contribution < 1.29 is 5.11 Å². The van der Waals surface area contributed by atoms with E-state index in [-0.39, 0.29) is 0 Å². The maximum atomic E-state index is 10.7. The molecule has 0 saturated heterocycles. The zero-order valence-corrected chi connectivity index (χ0v) is 11.6. The first-order valence-electron chi connectivity index (χ1n) is 7.17. The van der Waals surface area contributed by atoms with E-state index in [9.17, 15) is 5.11 Å². The van der Waals surface area contributed by atoms with Gasteiger partial charge in [0.15, 0.2) is 0 Å². The second-order valence-corrected chi connectivity index (χ2v) is 5.63. The molecule has 0 aromatic heterocycles. The molecule has 1 fully saturated rings. The average Bonchev–Trinajstić information content (AvgIpc) is 2.39. The van der Waals surface area contributed by atoms with Crippen LogP contribution in [-0.2, 0) is 5.60 Å². The molecule has 1 aromatic rings. The van der Waals surface area contributed by atoms with Gasteiger partial charge < -0.3 is 10.4 Å². The molecule has 2 rings (SSSR count). The van der Waals surface area contributed by atoms with Crippen LogP contribution in [0.5, 0.6) is 0 Å². The molecular formula is C16H25NO. The zero-order valence-electron chi connectivity index (χ0n) is 11.6. The van der Waals surface area contributed by atoms with Crippen LogP contribution in [0.1, 0.15) is 50.2 Å². The second-order valence-electron chi connectivity index (χ2n) is 5.63. The van der Waals surface area contributed by atoms with E-state index in [1.54, 1.807) is 0 Å². The highest BCUT2D eigenvalue weighted by atomic mass is 16.3. The number of hydrogen-bond donors (Lipinski definition) is 2. The van der Waals surface area contributed by atoms with Crippen molar-refractivity contribution >= 4 is 0 Å². The Balaban J connectivity index is 1.96. The molecule has 1 aliphatic rings. The van der Waals surface area contributed by atoms with Gasteiger partial charge in [0.05, 0.1) is 5.60 Å². The zero-order chi connectivity index (χ0) is 13.0. The summed E-state index contributed by atoms with van der Waals surface area (Å²) in [6.07, 6.45) is 5.07. The number of benzene rings is 1. The number of aryl methyl sites for hydroxylation is 1. The molecule has 0 bridgehead atoms. The molecule has 0 radical (unpaired) electrons. The predicted molar refractivity (Wildman–Crippen MR) is 75.6 cm³/mol. The Kier molecular flexibility index (Phi) is 4.41. The molecule has 0 spiro atoms. The normalized spacial score (nSPS) is 28.3. The maximum Gasteiger partial charge on any atom is 0.0897 e. The van der Waals surface area contributed by atoms with E-state index < -0.39 is 5.60 Å². The van der Waals surface area contributed by atoms with E-state index in [4.69, 9.17) is 0 Å². The van der Waals surface area contributed by atoms with Gasteiger partial charge in [-0.3, -0.25) is 0 Å². The monoisotopic (exact) mass is 247 g/mol. The van der Waals surface area contributed by atoms with Gasteiger partial charge in [-0.05, 0) is 51.1 Å². The minimum atomic E-state index is -0.599. The highest BCUT2D eigenvalue weighted by molar-refractivity contribution is 5.27. The van der Waals surface area contributed by atoms with Crippen LogP contribution in [0.25, 0.3) is 0 Å². The first kappa shape index (κ1) is 13.6. The minimum absolute atomic E-state index is 0.593. The number of rotatable bonds is 4. The highest BCUT2D eigenvalue weighted by Gasteiger charge is 2.34. The number of nitrogens with one attached hydrogen (secondary N) is 1. The molecule has 1 saturated carbocycles. The topological polar surface area (TPSA) is 32.3 Å². The lowest BCUT2D eigenvalue weighted by molar-refractivity contribution is -0.00827. The second kappa shape index (κ2) is 5.85. The van der Waals surface area contributed by atoms with Crippen LogP contribution >= 0.6 is 0 Å². The highest BCUT2D eigenvalue weighted by Crippen LogP contribution is 2.37. The van der Waals surface area contributed by atoms with E-state index in [0.29, 0.717) is 6.04 Å². The van der Waals surface area contributed by atoms with Gasteiger partial charge in [-0.25, -0.2) is 0 Å². The van der Waals surface area contributed by atoms with Gasteiger partial charge in [-0.15, -0.1) is 0 Å². The van der Waals surface area contributed by atoms with Crippen LogP contribution in [0.15, 0.2) is 24.3 Å². The summed E-state index contributed by atoms with van der Waals surface area (Å²) in [5.74, 6) is 0. The van der Waals surface area contributed by atoms with Crippen LogP contribution in [-0.4, -0.2) is 17.7 Å². The van der Waals surface area contributed by atoms with Crippen molar-refractivity contribution in [3.63, 3.8) is 0 Å². The summed E-state index contributed by atoms with van der Waals surface area (Å²) in [5, 5.41) is 14.3. The van der Waals surface area contributed by atoms with Gasteiger partial charge in [0, 0.05) is 6.04 Å². The Bertz CT molecular complexity index is 363. The molecular weight excluding hydrogens is 222 g/mol. The summed E-state index contributed by atoms with van der Waals surface area (Å²) in [6.45, 7) is 5.37. The lowest BCUT2D eigenvalue weighted by Crippen LogP contribution is -2.40. The van der Waals surface area contributed by atoms with Crippen molar-refractivity contribution in [1.82, 2.24) is 5.32 Å². The quantitative estimate of drug-likeness (QED) is 0.857. The molecule has 1 aromatic carbocycles. The van der Waals surface area contributed by atoms with E-state index in [0.717, 1.165) is 37.8 Å². The van der Waals surface area contributed by atoms with E-state index in [1.807, 2.05) is 0 Å². The van der Waals surface area contributed by atoms with Gasteiger partial charge in [-0.2, -0.15) is 0 Å². The number of hydrogen-bond acceptors (Lipinski definition) is 2. The summed E-state index contributed by atoms with van der Waals surface area (Å²) < 4.78 is 0. The van der Waals surface area contributed by atoms with Crippen molar-refractivity contribution in [2.24, 2.45) is 0 Å². The average molecular weight is 247 g/mol.